The third kappa shape index (κ3) is 3.55. The second kappa shape index (κ2) is 6.81. The Kier molecular flexibility index (Phi) is 4.85. The van der Waals surface area contributed by atoms with E-state index in [2.05, 4.69) is 4.74 Å². The monoisotopic (exact) mass is 284 g/mol. The summed E-state index contributed by atoms with van der Waals surface area (Å²) in [5.41, 5.74) is 0.877. The van der Waals surface area contributed by atoms with E-state index in [0.717, 1.165) is 16.3 Å². The van der Waals surface area contributed by atoms with Crippen LogP contribution in [-0.4, -0.2) is 32.1 Å². The van der Waals surface area contributed by atoms with Crippen LogP contribution in [0.2, 0.25) is 0 Å². The van der Waals surface area contributed by atoms with Crippen molar-refractivity contribution in [3.63, 3.8) is 0 Å². The largest absolute Gasteiger partial charge is 0.467 e. The third-order valence-electron chi connectivity index (χ3n) is 3.12. The van der Waals surface area contributed by atoms with Crippen molar-refractivity contribution >= 4 is 28.6 Å². The number of fused-ring (bicyclic) bond motifs is 1. The number of carbonyl (C=O) groups excluding carboxylic acids is 2. The quantitative estimate of drug-likeness (QED) is 0.481. The van der Waals surface area contributed by atoms with Gasteiger partial charge in [-0.15, -0.1) is 0 Å². The zero-order valence-corrected chi connectivity index (χ0v) is 11.9. The molecule has 0 heterocycles. The number of esters is 1. The van der Waals surface area contributed by atoms with Crippen molar-refractivity contribution in [3.8, 4) is 0 Å². The van der Waals surface area contributed by atoms with Crippen LogP contribution >= 0.6 is 0 Å². The van der Waals surface area contributed by atoms with E-state index in [-0.39, 0.29) is 0 Å². The number of benzene rings is 2. The fourth-order valence-corrected chi connectivity index (χ4v) is 2.01. The second-order valence-electron chi connectivity index (χ2n) is 4.48. The van der Waals surface area contributed by atoms with Gasteiger partial charge in [0.1, 0.15) is 0 Å². The van der Waals surface area contributed by atoms with Crippen LogP contribution in [0.5, 0.6) is 0 Å². The maximum Gasteiger partial charge on any atom is 0.343 e. The first-order valence-electron chi connectivity index (χ1n) is 6.47. The van der Waals surface area contributed by atoms with Crippen molar-refractivity contribution in [1.29, 1.82) is 0 Å². The summed E-state index contributed by atoms with van der Waals surface area (Å²) in [5, 5.41) is 2.22. The Morgan fingerprint density at radius 1 is 1.05 bits per heavy atom. The smallest absolute Gasteiger partial charge is 0.343 e. The lowest BCUT2D eigenvalue weighted by atomic mass is 10.1. The molecule has 0 saturated heterocycles. The number of ketones is 1. The van der Waals surface area contributed by atoms with Crippen LogP contribution in [0.4, 0.5) is 0 Å². The van der Waals surface area contributed by atoms with E-state index in [4.69, 9.17) is 4.74 Å². The number of methoxy groups -OCH3 is 2. The van der Waals surface area contributed by atoms with Gasteiger partial charge in [-0.05, 0) is 28.5 Å². The van der Waals surface area contributed by atoms with Gasteiger partial charge in [-0.25, -0.2) is 4.79 Å². The van der Waals surface area contributed by atoms with Gasteiger partial charge in [-0.2, -0.15) is 0 Å². The average molecular weight is 284 g/mol. The minimum absolute atomic E-state index is 0.447. The van der Waals surface area contributed by atoms with Crippen molar-refractivity contribution in [3.05, 3.63) is 54.1 Å². The van der Waals surface area contributed by atoms with Crippen molar-refractivity contribution in [2.75, 3.05) is 14.2 Å². The summed E-state index contributed by atoms with van der Waals surface area (Å²) in [6, 6.07) is 13.8. The lowest BCUT2D eigenvalue weighted by Crippen LogP contribution is -2.31. The van der Waals surface area contributed by atoms with E-state index in [1.165, 1.54) is 20.3 Å². The molecular formula is C17H16O4. The minimum atomic E-state index is -1.22. The highest BCUT2D eigenvalue weighted by atomic mass is 16.6. The molecule has 0 aromatic heterocycles. The van der Waals surface area contributed by atoms with Crippen molar-refractivity contribution in [2.24, 2.45) is 0 Å². The van der Waals surface area contributed by atoms with Gasteiger partial charge in [0.15, 0.2) is 5.78 Å². The van der Waals surface area contributed by atoms with Gasteiger partial charge in [0, 0.05) is 7.11 Å². The van der Waals surface area contributed by atoms with Crippen molar-refractivity contribution in [2.45, 2.75) is 6.10 Å². The van der Waals surface area contributed by atoms with Crippen LogP contribution in [0, 0.1) is 0 Å². The summed E-state index contributed by atoms with van der Waals surface area (Å²) in [6.07, 6.45) is 1.77. The molecule has 0 fully saturated rings. The Morgan fingerprint density at radius 3 is 2.43 bits per heavy atom. The molecule has 0 bridgehead atoms. The lowest BCUT2D eigenvalue weighted by Gasteiger charge is -2.08. The number of hydrogen-bond donors (Lipinski definition) is 0. The first-order valence-corrected chi connectivity index (χ1v) is 6.47. The molecule has 0 radical (unpaired) electrons. The molecule has 0 N–H and O–H groups in total. The van der Waals surface area contributed by atoms with Gasteiger partial charge in [0.25, 0.3) is 0 Å². The van der Waals surface area contributed by atoms with Crippen molar-refractivity contribution in [1.82, 2.24) is 0 Å². The molecule has 1 unspecified atom stereocenters. The summed E-state index contributed by atoms with van der Waals surface area (Å²) in [5.74, 6) is -1.15. The van der Waals surface area contributed by atoms with E-state index in [9.17, 15) is 9.59 Å². The Bertz CT molecular complexity index is 688. The zero-order valence-electron chi connectivity index (χ0n) is 11.9. The maximum atomic E-state index is 11.9. The second-order valence-corrected chi connectivity index (χ2v) is 4.48. The maximum absolute atomic E-state index is 11.9. The molecule has 4 nitrogen and oxygen atoms in total. The fourth-order valence-electron chi connectivity index (χ4n) is 2.01. The SMILES string of the molecule is COC(=O)C(OC)C(=O)/C=C/c1ccc2ccccc2c1. The summed E-state index contributed by atoms with van der Waals surface area (Å²) in [6.45, 7) is 0. The highest BCUT2D eigenvalue weighted by Crippen LogP contribution is 2.16. The molecular weight excluding hydrogens is 268 g/mol. The van der Waals surface area contributed by atoms with Crippen LogP contribution in [0.1, 0.15) is 5.56 Å². The molecule has 2 rings (SSSR count). The predicted octanol–water partition coefficient (Wildman–Crippen LogP) is 2.61. The topological polar surface area (TPSA) is 52.6 Å². The molecule has 0 aliphatic heterocycles. The van der Waals surface area contributed by atoms with E-state index in [0.29, 0.717) is 0 Å². The van der Waals surface area contributed by atoms with Gasteiger partial charge in [-0.1, -0.05) is 42.5 Å². The van der Waals surface area contributed by atoms with Gasteiger partial charge >= 0.3 is 5.97 Å². The first-order chi connectivity index (χ1) is 10.2. The Labute approximate surface area is 123 Å². The standard InChI is InChI=1S/C17H16O4/c1-20-16(17(19)21-2)15(18)10-8-12-7-9-13-5-3-4-6-14(13)11-12/h3-11,16H,1-2H3/b10-8+. The Hall–Kier alpha value is -2.46. The van der Waals surface area contributed by atoms with Gasteiger partial charge in [0.2, 0.25) is 6.10 Å². The highest BCUT2D eigenvalue weighted by molar-refractivity contribution is 6.09. The molecule has 1 atom stereocenters. The molecule has 0 aliphatic rings. The molecule has 0 aliphatic carbocycles. The molecule has 0 saturated carbocycles. The van der Waals surface area contributed by atoms with Gasteiger partial charge < -0.3 is 9.47 Å². The molecule has 108 valence electrons. The molecule has 0 spiro atoms. The zero-order chi connectivity index (χ0) is 15.2. The third-order valence-corrected chi connectivity index (χ3v) is 3.12. The average Bonchev–Trinajstić information content (AvgIpc) is 2.53. The molecule has 2 aromatic rings. The molecule has 4 heteroatoms. The number of hydrogen-bond acceptors (Lipinski definition) is 4. The minimum Gasteiger partial charge on any atom is -0.467 e. The van der Waals surface area contributed by atoms with E-state index in [1.807, 2.05) is 42.5 Å². The van der Waals surface area contributed by atoms with Crippen LogP contribution < -0.4 is 0 Å². The van der Waals surface area contributed by atoms with E-state index in [1.54, 1.807) is 6.08 Å². The number of rotatable bonds is 5. The molecule has 2 aromatic carbocycles. The summed E-state index contributed by atoms with van der Waals surface area (Å²) < 4.78 is 9.36. The fraction of sp³-hybridized carbons (Fsp3) is 0.176. The van der Waals surface area contributed by atoms with E-state index < -0.39 is 17.9 Å². The number of ether oxygens (including phenoxy) is 2. The highest BCUT2D eigenvalue weighted by Gasteiger charge is 2.24. The predicted molar refractivity (Wildman–Crippen MR) is 80.8 cm³/mol. The van der Waals surface area contributed by atoms with Crippen molar-refractivity contribution < 1.29 is 19.1 Å². The van der Waals surface area contributed by atoms with Gasteiger partial charge in [-0.3, -0.25) is 4.79 Å². The van der Waals surface area contributed by atoms with Crippen LogP contribution in [0.3, 0.4) is 0 Å². The van der Waals surface area contributed by atoms with E-state index >= 15 is 0 Å². The lowest BCUT2D eigenvalue weighted by molar-refractivity contribution is -0.155. The first kappa shape index (κ1) is 14.9. The molecule has 0 amide bonds. The molecule has 21 heavy (non-hydrogen) atoms. The summed E-state index contributed by atoms with van der Waals surface area (Å²) in [7, 11) is 2.51. The summed E-state index contributed by atoms with van der Waals surface area (Å²) in [4.78, 5) is 23.3. The van der Waals surface area contributed by atoms with Gasteiger partial charge in [0.05, 0.1) is 7.11 Å². The Morgan fingerprint density at radius 2 is 1.76 bits per heavy atom. The number of carbonyl (C=O) groups is 2. The summed E-state index contributed by atoms with van der Waals surface area (Å²) >= 11 is 0. The van der Waals surface area contributed by atoms with Crippen LogP contribution in [0.15, 0.2) is 48.5 Å². The van der Waals surface area contributed by atoms with Crippen LogP contribution in [0.25, 0.3) is 16.8 Å². The normalized spacial score (nSPS) is 12.5. The van der Waals surface area contributed by atoms with Crippen LogP contribution in [-0.2, 0) is 19.1 Å². The Balaban J connectivity index is 2.18.